The summed E-state index contributed by atoms with van der Waals surface area (Å²) in [5.74, 6) is 0. The van der Waals surface area contributed by atoms with Crippen molar-refractivity contribution in [2.45, 2.75) is 16.2 Å². The van der Waals surface area contributed by atoms with Gasteiger partial charge >= 0.3 is 0 Å². The zero-order chi connectivity index (χ0) is 15.5. The molecule has 0 radical (unpaired) electrons. The largest absolute Gasteiger partial charge is 0.240 e. The summed E-state index contributed by atoms with van der Waals surface area (Å²) in [6.07, 6.45) is 1.70. The fourth-order valence-electron chi connectivity index (χ4n) is 1.71. The van der Waals surface area contributed by atoms with Gasteiger partial charge in [-0.05, 0) is 42.1 Å². The molecule has 0 unspecified atom stereocenters. The zero-order valence-corrected chi connectivity index (χ0v) is 13.8. The molecule has 1 N–H and O–H groups in total. The second-order valence-electron chi connectivity index (χ2n) is 4.47. The molecule has 1 aromatic carbocycles. The number of benzene rings is 1. The van der Waals surface area contributed by atoms with Gasteiger partial charge in [-0.15, -0.1) is 11.3 Å². The Morgan fingerprint density at radius 2 is 1.62 bits per heavy atom. The molecule has 1 heterocycles. The van der Waals surface area contributed by atoms with E-state index in [2.05, 4.69) is 4.72 Å². The molecular formula is C13H15NO4S3. The number of rotatable bonds is 6. The average molecular weight is 345 g/mol. The summed E-state index contributed by atoms with van der Waals surface area (Å²) in [7, 11) is -6.94. The molecule has 0 fully saturated rings. The maximum Gasteiger partial charge on any atom is 0.240 e. The normalized spacial score (nSPS) is 12.4. The Morgan fingerprint density at radius 1 is 1.00 bits per heavy atom. The van der Waals surface area contributed by atoms with Gasteiger partial charge in [-0.25, -0.2) is 21.6 Å². The Morgan fingerprint density at radius 3 is 2.14 bits per heavy atom. The van der Waals surface area contributed by atoms with Crippen LogP contribution in [0, 0.1) is 0 Å². The van der Waals surface area contributed by atoms with Crippen molar-refractivity contribution < 1.29 is 16.8 Å². The third-order valence-electron chi connectivity index (χ3n) is 2.81. The van der Waals surface area contributed by atoms with Gasteiger partial charge < -0.3 is 0 Å². The van der Waals surface area contributed by atoms with Crippen LogP contribution in [-0.4, -0.2) is 29.6 Å². The van der Waals surface area contributed by atoms with E-state index in [9.17, 15) is 16.8 Å². The Labute approximate surface area is 128 Å². The smallest absolute Gasteiger partial charge is 0.224 e. The maximum absolute atomic E-state index is 12.1. The molecule has 0 aliphatic rings. The first-order chi connectivity index (χ1) is 9.79. The lowest BCUT2D eigenvalue weighted by molar-refractivity contribution is 0.581. The van der Waals surface area contributed by atoms with Gasteiger partial charge in [-0.3, -0.25) is 0 Å². The first kappa shape index (κ1) is 16.2. The van der Waals surface area contributed by atoms with Crippen LogP contribution in [0.1, 0.15) is 4.88 Å². The first-order valence-corrected chi connectivity index (χ1v) is 10.4. The summed E-state index contributed by atoms with van der Waals surface area (Å²) in [6, 6.07) is 9.04. The molecule has 0 aliphatic carbocycles. The predicted octanol–water partition coefficient (Wildman–Crippen LogP) is 1.67. The van der Waals surface area contributed by atoms with Gasteiger partial charge in [0.05, 0.1) is 9.79 Å². The van der Waals surface area contributed by atoms with E-state index in [1.807, 2.05) is 17.5 Å². The molecule has 0 aliphatic heterocycles. The highest BCUT2D eigenvalue weighted by Gasteiger charge is 2.15. The minimum Gasteiger partial charge on any atom is -0.224 e. The molecule has 2 rings (SSSR count). The van der Waals surface area contributed by atoms with Crippen molar-refractivity contribution in [1.29, 1.82) is 0 Å². The predicted molar refractivity (Wildman–Crippen MR) is 82.8 cm³/mol. The zero-order valence-electron chi connectivity index (χ0n) is 11.3. The van der Waals surface area contributed by atoms with Crippen LogP contribution in [0.2, 0.25) is 0 Å². The monoisotopic (exact) mass is 345 g/mol. The maximum atomic E-state index is 12.1. The van der Waals surface area contributed by atoms with E-state index in [0.717, 1.165) is 11.1 Å². The molecule has 0 saturated carbocycles. The van der Waals surface area contributed by atoms with Crippen LogP contribution in [0.4, 0.5) is 0 Å². The van der Waals surface area contributed by atoms with Crippen LogP contribution in [0.15, 0.2) is 51.6 Å². The first-order valence-electron chi connectivity index (χ1n) is 6.11. The molecule has 0 amide bonds. The number of nitrogens with one attached hydrogen (secondary N) is 1. The van der Waals surface area contributed by atoms with Crippen molar-refractivity contribution in [3.63, 3.8) is 0 Å². The Kier molecular flexibility index (Phi) is 4.82. The Hall–Kier alpha value is -1.22. The molecule has 5 nitrogen and oxygen atoms in total. The van der Waals surface area contributed by atoms with Crippen LogP contribution in [0.3, 0.4) is 0 Å². The average Bonchev–Trinajstić information content (AvgIpc) is 2.91. The van der Waals surface area contributed by atoms with Crippen LogP contribution >= 0.6 is 11.3 Å². The summed E-state index contributed by atoms with van der Waals surface area (Å²) in [4.78, 5) is 1.26. The van der Waals surface area contributed by atoms with Crippen LogP contribution in [-0.2, 0) is 26.3 Å². The fraction of sp³-hybridized carbons (Fsp3) is 0.231. The summed E-state index contributed by atoms with van der Waals surface area (Å²) in [6.45, 7) is 0.302. The standard InChI is InChI=1S/C13H15NO4S3/c1-20(15,16)12-4-6-13(7-5-12)21(17,18)14-9-8-11-3-2-10-19-11/h2-7,10,14H,8-9H2,1H3. The van der Waals surface area contributed by atoms with E-state index in [4.69, 9.17) is 0 Å². The van der Waals surface area contributed by atoms with Crippen LogP contribution in [0.5, 0.6) is 0 Å². The SMILES string of the molecule is CS(=O)(=O)c1ccc(S(=O)(=O)NCCc2cccs2)cc1. The van der Waals surface area contributed by atoms with Crippen LogP contribution in [0.25, 0.3) is 0 Å². The molecular weight excluding hydrogens is 330 g/mol. The van der Waals surface area contributed by atoms with E-state index in [-0.39, 0.29) is 9.79 Å². The number of hydrogen-bond donors (Lipinski definition) is 1. The van der Waals surface area contributed by atoms with Crippen molar-refractivity contribution in [3.05, 3.63) is 46.7 Å². The molecule has 8 heteroatoms. The number of hydrogen-bond acceptors (Lipinski definition) is 5. The topological polar surface area (TPSA) is 80.3 Å². The minimum absolute atomic E-state index is 0.0566. The molecule has 0 saturated heterocycles. The second kappa shape index (κ2) is 6.27. The van der Waals surface area contributed by atoms with Crippen LogP contribution < -0.4 is 4.72 Å². The van der Waals surface area contributed by atoms with E-state index < -0.39 is 19.9 Å². The van der Waals surface area contributed by atoms with Crippen molar-refractivity contribution in [2.75, 3.05) is 12.8 Å². The Bertz CT molecular complexity index is 792. The molecule has 0 bridgehead atoms. The van der Waals surface area contributed by atoms with Gasteiger partial charge in [0.2, 0.25) is 10.0 Å². The summed E-state index contributed by atoms with van der Waals surface area (Å²) in [5, 5.41) is 1.94. The second-order valence-corrected chi connectivity index (χ2v) is 9.29. The van der Waals surface area contributed by atoms with E-state index in [0.29, 0.717) is 13.0 Å². The summed E-state index contributed by atoms with van der Waals surface area (Å²) >= 11 is 1.57. The van der Waals surface area contributed by atoms with Gasteiger partial charge in [0.25, 0.3) is 0 Å². The summed E-state index contributed by atoms with van der Waals surface area (Å²) < 4.78 is 49.3. The third kappa shape index (κ3) is 4.37. The van der Waals surface area contributed by atoms with Crippen molar-refractivity contribution >= 4 is 31.2 Å². The quantitative estimate of drug-likeness (QED) is 0.864. The number of sulfonamides is 1. The van der Waals surface area contributed by atoms with Gasteiger partial charge in [-0.1, -0.05) is 6.07 Å². The minimum atomic E-state index is -3.62. The van der Waals surface area contributed by atoms with Gasteiger partial charge in [0.15, 0.2) is 9.84 Å². The highest BCUT2D eigenvalue weighted by Crippen LogP contribution is 2.14. The van der Waals surface area contributed by atoms with Crippen molar-refractivity contribution in [1.82, 2.24) is 4.72 Å². The van der Waals surface area contributed by atoms with Crippen molar-refractivity contribution in [2.24, 2.45) is 0 Å². The molecule has 21 heavy (non-hydrogen) atoms. The molecule has 0 atom stereocenters. The van der Waals surface area contributed by atoms with Gasteiger partial charge in [0, 0.05) is 17.7 Å². The lowest BCUT2D eigenvalue weighted by Gasteiger charge is -2.07. The molecule has 1 aromatic heterocycles. The summed E-state index contributed by atoms with van der Waals surface area (Å²) in [5.41, 5.74) is 0. The third-order valence-corrected chi connectivity index (χ3v) is 6.35. The molecule has 2 aromatic rings. The van der Waals surface area contributed by atoms with E-state index in [1.54, 1.807) is 11.3 Å². The molecule has 114 valence electrons. The van der Waals surface area contributed by atoms with Crippen molar-refractivity contribution in [3.8, 4) is 0 Å². The lowest BCUT2D eigenvalue weighted by atomic mass is 10.3. The highest BCUT2D eigenvalue weighted by atomic mass is 32.2. The van der Waals surface area contributed by atoms with E-state index >= 15 is 0 Å². The van der Waals surface area contributed by atoms with E-state index in [1.165, 1.54) is 24.3 Å². The Balaban J connectivity index is 2.05. The number of thiophene rings is 1. The van der Waals surface area contributed by atoms with Gasteiger partial charge in [0.1, 0.15) is 0 Å². The number of sulfone groups is 1. The van der Waals surface area contributed by atoms with Gasteiger partial charge in [-0.2, -0.15) is 0 Å². The lowest BCUT2D eigenvalue weighted by Crippen LogP contribution is -2.25. The fourth-order valence-corrected chi connectivity index (χ4v) is 4.08. The highest BCUT2D eigenvalue weighted by molar-refractivity contribution is 7.90. The molecule has 0 spiro atoms.